The number of carbonyl (C=O) groups excluding carboxylic acids is 1. The second kappa shape index (κ2) is 9.47. The maximum absolute atomic E-state index is 12.8. The van der Waals surface area contributed by atoms with Crippen LogP contribution in [0.5, 0.6) is 0 Å². The van der Waals surface area contributed by atoms with E-state index in [4.69, 9.17) is 11.6 Å². The van der Waals surface area contributed by atoms with Crippen molar-refractivity contribution in [3.8, 4) is 0 Å². The number of likely N-dealkylation sites (tertiary alicyclic amines) is 2. The molecule has 0 unspecified atom stereocenters. The molecule has 154 valence electrons. The summed E-state index contributed by atoms with van der Waals surface area (Å²) >= 11 is 6.15. The van der Waals surface area contributed by atoms with Gasteiger partial charge >= 0.3 is 0 Å². The van der Waals surface area contributed by atoms with E-state index in [0.717, 1.165) is 63.8 Å². The molecule has 5 nitrogen and oxygen atoms in total. The number of halogens is 1. The van der Waals surface area contributed by atoms with Crippen LogP contribution in [0, 0.1) is 0 Å². The zero-order valence-corrected chi connectivity index (χ0v) is 17.6. The average molecular weight is 405 g/mol. The molecule has 3 saturated heterocycles. The number of piperazine rings is 1. The van der Waals surface area contributed by atoms with E-state index < -0.39 is 0 Å². The van der Waals surface area contributed by atoms with Crippen LogP contribution in [0.4, 0.5) is 5.69 Å². The Hall–Kier alpha value is -1.30. The normalized spacial score (nSPS) is 25.1. The van der Waals surface area contributed by atoms with Gasteiger partial charge in [-0.1, -0.05) is 24.1 Å². The molecule has 0 aliphatic carbocycles. The number of hydrogen-bond acceptors (Lipinski definition) is 4. The van der Waals surface area contributed by atoms with Gasteiger partial charge in [0.15, 0.2) is 0 Å². The molecule has 0 bridgehead atoms. The second-order valence-corrected chi connectivity index (χ2v) is 8.91. The fraction of sp³-hybridized carbons (Fsp3) is 0.682. The Morgan fingerprint density at radius 3 is 2.50 bits per heavy atom. The molecule has 1 aromatic carbocycles. The molecule has 28 heavy (non-hydrogen) atoms. The highest BCUT2D eigenvalue weighted by molar-refractivity contribution is 6.30. The van der Waals surface area contributed by atoms with Gasteiger partial charge in [-0.3, -0.25) is 14.6 Å². The molecule has 3 fully saturated rings. The number of hydrogen-bond donors (Lipinski definition) is 0. The van der Waals surface area contributed by atoms with Crippen LogP contribution < -0.4 is 4.90 Å². The lowest BCUT2D eigenvalue weighted by molar-refractivity contribution is -0.134. The molecule has 6 heteroatoms. The largest absolute Gasteiger partial charge is 0.369 e. The second-order valence-electron chi connectivity index (χ2n) is 8.48. The molecular formula is C22H33ClN4O. The maximum atomic E-state index is 12.8. The van der Waals surface area contributed by atoms with Gasteiger partial charge in [0, 0.05) is 56.0 Å². The van der Waals surface area contributed by atoms with Crippen molar-refractivity contribution in [2.75, 3.05) is 63.8 Å². The molecule has 0 radical (unpaired) electrons. The van der Waals surface area contributed by atoms with Gasteiger partial charge < -0.3 is 9.80 Å². The van der Waals surface area contributed by atoms with Crippen LogP contribution in [0.25, 0.3) is 0 Å². The van der Waals surface area contributed by atoms with Crippen molar-refractivity contribution in [2.24, 2.45) is 0 Å². The zero-order chi connectivity index (χ0) is 19.3. The summed E-state index contributed by atoms with van der Waals surface area (Å²) in [5.74, 6) is 0.337. The quantitative estimate of drug-likeness (QED) is 0.771. The van der Waals surface area contributed by atoms with Gasteiger partial charge in [-0.15, -0.1) is 0 Å². The standard InChI is InChI=1S/C22H33ClN4O/c23-19-6-4-7-20(16-19)25-12-14-26(15-13-25)21-8-5-11-27(17-21)22(28)18-24-9-2-1-3-10-24/h4,6-7,16,21H,1-3,5,8-15,17-18H2/t21-/m1/s1. The summed E-state index contributed by atoms with van der Waals surface area (Å²) in [7, 11) is 0. The fourth-order valence-corrected chi connectivity index (χ4v) is 5.09. The number of carbonyl (C=O) groups is 1. The fourth-order valence-electron chi connectivity index (χ4n) is 4.91. The first kappa shape index (κ1) is 20.0. The molecule has 0 spiro atoms. The molecule has 4 rings (SSSR count). The van der Waals surface area contributed by atoms with E-state index in [1.165, 1.54) is 31.4 Å². The van der Waals surface area contributed by atoms with Crippen molar-refractivity contribution in [3.63, 3.8) is 0 Å². The topological polar surface area (TPSA) is 30.0 Å². The summed E-state index contributed by atoms with van der Waals surface area (Å²) in [5.41, 5.74) is 1.22. The highest BCUT2D eigenvalue weighted by atomic mass is 35.5. The van der Waals surface area contributed by atoms with E-state index in [-0.39, 0.29) is 0 Å². The minimum atomic E-state index is 0.337. The third kappa shape index (κ3) is 5.00. The van der Waals surface area contributed by atoms with Crippen molar-refractivity contribution in [3.05, 3.63) is 29.3 Å². The molecule has 3 aliphatic heterocycles. The first-order chi connectivity index (χ1) is 13.7. The Morgan fingerprint density at radius 2 is 1.75 bits per heavy atom. The number of amides is 1. The van der Waals surface area contributed by atoms with E-state index in [2.05, 4.69) is 31.7 Å². The molecule has 0 N–H and O–H groups in total. The van der Waals surface area contributed by atoms with Crippen molar-refractivity contribution >= 4 is 23.2 Å². The van der Waals surface area contributed by atoms with E-state index in [0.29, 0.717) is 18.5 Å². The van der Waals surface area contributed by atoms with E-state index >= 15 is 0 Å². The molecule has 1 atom stereocenters. The predicted molar refractivity (Wildman–Crippen MR) is 115 cm³/mol. The van der Waals surface area contributed by atoms with Crippen LogP contribution in [-0.2, 0) is 4.79 Å². The Morgan fingerprint density at radius 1 is 0.964 bits per heavy atom. The van der Waals surface area contributed by atoms with Gasteiger partial charge in [-0.2, -0.15) is 0 Å². The molecular weight excluding hydrogens is 372 g/mol. The first-order valence-corrected chi connectivity index (χ1v) is 11.3. The van der Waals surface area contributed by atoms with Crippen molar-refractivity contribution < 1.29 is 4.79 Å². The summed E-state index contributed by atoms with van der Waals surface area (Å²) in [6, 6.07) is 8.67. The minimum absolute atomic E-state index is 0.337. The third-order valence-electron chi connectivity index (χ3n) is 6.56. The number of nitrogens with zero attached hydrogens (tertiary/aromatic N) is 4. The number of anilines is 1. The highest BCUT2D eigenvalue weighted by Gasteiger charge is 2.30. The van der Waals surface area contributed by atoms with E-state index in [1.807, 2.05) is 12.1 Å². The van der Waals surface area contributed by atoms with Crippen LogP contribution >= 0.6 is 11.6 Å². The summed E-state index contributed by atoms with van der Waals surface area (Å²) in [6.45, 7) is 8.82. The lowest BCUT2D eigenvalue weighted by Crippen LogP contribution is -2.56. The van der Waals surface area contributed by atoms with Gasteiger partial charge in [0.1, 0.15) is 0 Å². The number of benzene rings is 1. The van der Waals surface area contributed by atoms with E-state index in [9.17, 15) is 4.79 Å². The Bertz CT molecular complexity index is 656. The van der Waals surface area contributed by atoms with Gasteiger partial charge in [-0.25, -0.2) is 0 Å². The Labute approximate surface area is 174 Å². The van der Waals surface area contributed by atoms with Crippen LogP contribution in [0.15, 0.2) is 24.3 Å². The average Bonchev–Trinajstić information content (AvgIpc) is 2.75. The molecule has 1 amide bonds. The maximum Gasteiger partial charge on any atom is 0.236 e. The Kier molecular flexibility index (Phi) is 6.76. The molecule has 0 saturated carbocycles. The van der Waals surface area contributed by atoms with Crippen molar-refractivity contribution in [1.29, 1.82) is 0 Å². The third-order valence-corrected chi connectivity index (χ3v) is 6.80. The summed E-state index contributed by atoms with van der Waals surface area (Å²) in [5, 5.41) is 0.801. The van der Waals surface area contributed by atoms with Crippen molar-refractivity contribution in [2.45, 2.75) is 38.1 Å². The number of rotatable bonds is 4. The van der Waals surface area contributed by atoms with Crippen LogP contribution in [0.3, 0.4) is 0 Å². The molecule has 1 aromatic rings. The molecule has 3 aliphatic rings. The lowest BCUT2D eigenvalue weighted by atomic mass is 10.0. The van der Waals surface area contributed by atoms with Gasteiger partial charge in [-0.05, 0) is 57.0 Å². The SMILES string of the molecule is O=C(CN1CCCCC1)N1CCC[C@@H](N2CCN(c3cccc(Cl)c3)CC2)C1. The van der Waals surface area contributed by atoms with E-state index in [1.54, 1.807) is 0 Å². The molecule has 3 heterocycles. The summed E-state index contributed by atoms with van der Waals surface area (Å²) in [6.07, 6.45) is 6.15. The predicted octanol–water partition coefficient (Wildman–Crippen LogP) is 2.94. The minimum Gasteiger partial charge on any atom is -0.369 e. The van der Waals surface area contributed by atoms with Crippen molar-refractivity contribution in [1.82, 2.24) is 14.7 Å². The van der Waals surface area contributed by atoms with Gasteiger partial charge in [0.05, 0.1) is 6.54 Å². The summed E-state index contributed by atoms with van der Waals surface area (Å²) < 4.78 is 0. The van der Waals surface area contributed by atoms with Crippen LogP contribution in [0.2, 0.25) is 5.02 Å². The number of piperidine rings is 2. The zero-order valence-electron chi connectivity index (χ0n) is 16.9. The van der Waals surface area contributed by atoms with Gasteiger partial charge in [0.2, 0.25) is 5.91 Å². The smallest absolute Gasteiger partial charge is 0.236 e. The van der Waals surface area contributed by atoms with Gasteiger partial charge in [0.25, 0.3) is 0 Å². The Balaban J connectivity index is 1.27. The first-order valence-electron chi connectivity index (χ1n) is 10.9. The summed E-state index contributed by atoms with van der Waals surface area (Å²) in [4.78, 5) is 22.3. The van der Waals surface area contributed by atoms with Crippen LogP contribution in [0.1, 0.15) is 32.1 Å². The van der Waals surface area contributed by atoms with Crippen LogP contribution in [-0.4, -0.2) is 85.6 Å². The molecule has 0 aromatic heterocycles. The monoisotopic (exact) mass is 404 g/mol. The highest BCUT2D eigenvalue weighted by Crippen LogP contribution is 2.23. The lowest BCUT2D eigenvalue weighted by Gasteiger charge is -2.44.